The topological polar surface area (TPSA) is 9.23 Å². The molecule has 1 saturated carbocycles. The van der Waals surface area contributed by atoms with E-state index >= 15 is 0 Å². The number of hydrogen-bond donors (Lipinski definition) is 0. The SMILES string of the molecule is CCOC=CC1CCCCC1. The lowest BCUT2D eigenvalue weighted by atomic mass is 9.89. The van der Waals surface area contributed by atoms with Gasteiger partial charge in [0.25, 0.3) is 0 Å². The highest BCUT2D eigenvalue weighted by Gasteiger charge is 2.09. The van der Waals surface area contributed by atoms with Gasteiger partial charge in [0.2, 0.25) is 0 Å². The second-order valence-electron chi connectivity index (χ2n) is 3.18. The van der Waals surface area contributed by atoms with Crippen LogP contribution in [0.3, 0.4) is 0 Å². The fourth-order valence-corrected chi connectivity index (χ4v) is 1.59. The van der Waals surface area contributed by atoms with Crippen molar-refractivity contribution in [2.75, 3.05) is 6.61 Å². The van der Waals surface area contributed by atoms with Gasteiger partial charge < -0.3 is 4.74 Å². The normalized spacial score (nSPS) is 20.8. The summed E-state index contributed by atoms with van der Waals surface area (Å²) in [6.45, 7) is 2.81. The molecule has 0 amide bonds. The lowest BCUT2D eigenvalue weighted by molar-refractivity contribution is 0.264. The van der Waals surface area contributed by atoms with E-state index in [1.165, 1.54) is 32.1 Å². The zero-order valence-corrected chi connectivity index (χ0v) is 7.38. The fraction of sp³-hybridized carbons (Fsp3) is 0.800. The average Bonchev–Trinajstić information content (AvgIpc) is 2.07. The van der Waals surface area contributed by atoms with Crippen molar-refractivity contribution in [1.29, 1.82) is 0 Å². The lowest BCUT2D eigenvalue weighted by Gasteiger charge is -2.17. The van der Waals surface area contributed by atoms with Gasteiger partial charge >= 0.3 is 0 Å². The Bertz CT molecular complexity index is 112. The molecule has 0 aromatic rings. The van der Waals surface area contributed by atoms with E-state index in [0.29, 0.717) is 0 Å². The van der Waals surface area contributed by atoms with Crippen LogP contribution in [0.4, 0.5) is 0 Å². The minimum absolute atomic E-state index is 0.795. The molecule has 0 bridgehead atoms. The number of rotatable bonds is 3. The van der Waals surface area contributed by atoms with Gasteiger partial charge in [-0.1, -0.05) is 19.3 Å². The maximum Gasteiger partial charge on any atom is 0.0845 e. The number of hydrogen-bond acceptors (Lipinski definition) is 1. The second kappa shape index (κ2) is 5.22. The first kappa shape index (κ1) is 8.63. The zero-order valence-electron chi connectivity index (χ0n) is 7.38. The highest BCUT2D eigenvalue weighted by Crippen LogP contribution is 2.24. The van der Waals surface area contributed by atoms with Gasteiger partial charge in [0.15, 0.2) is 0 Å². The van der Waals surface area contributed by atoms with Crippen molar-refractivity contribution in [2.45, 2.75) is 39.0 Å². The van der Waals surface area contributed by atoms with Crippen molar-refractivity contribution >= 4 is 0 Å². The largest absolute Gasteiger partial charge is 0.502 e. The summed E-state index contributed by atoms with van der Waals surface area (Å²) in [6.07, 6.45) is 11.1. The van der Waals surface area contributed by atoms with E-state index in [1.54, 1.807) is 0 Å². The Kier molecular flexibility index (Phi) is 4.10. The van der Waals surface area contributed by atoms with Crippen LogP contribution in [0, 0.1) is 5.92 Å². The molecule has 0 aliphatic heterocycles. The third kappa shape index (κ3) is 3.45. The maximum atomic E-state index is 5.16. The molecule has 11 heavy (non-hydrogen) atoms. The molecule has 64 valence electrons. The predicted octanol–water partition coefficient (Wildman–Crippen LogP) is 3.12. The van der Waals surface area contributed by atoms with Crippen molar-refractivity contribution in [3.8, 4) is 0 Å². The molecular formula is C10H18O. The van der Waals surface area contributed by atoms with Gasteiger partial charge in [-0.05, 0) is 31.8 Å². The van der Waals surface area contributed by atoms with Crippen molar-refractivity contribution in [1.82, 2.24) is 0 Å². The quantitative estimate of drug-likeness (QED) is 0.567. The van der Waals surface area contributed by atoms with Gasteiger partial charge in [-0.2, -0.15) is 0 Å². The molecule has 0 saturated heterocycles. The Labute approximate surface area is 69.4 Å². The molecular weight excluding hydrogens is 136 g/mol. The molecule has 1 nitrogen and oxygen atoms in total. The summed E-state index contributed by atoms with van der Waals surface area (Å²) in [6, 6.07) is 0. The molecule has 1 aliphatic carbocycles. The van der Waals surface area contributed by atoms with Crippen LogP contribution < -0.4 is 0 Å². The lowest BCUT2D eigenvalue weighted by Crippen LogP contribution is -2.02. The maximum absolute atomic E-state index is 5.16. The van der Waals surface area contributed by atoms with Crippen LogP contribution in [-0.4, -0.2) is 6.61 Å². The first-order valence-electron chi connectivity index (χ1n) is 4.71. The Hall–Kier alpha value is -0.460. The summed E-state index contributed by atoms with van der Waals surface area (Å²) in [5.74, 6) is 0.801. The van der Waals surface area contributed by atoms with Crippen molar-refractivity contribution in [2.24, 2.45) is 5.92 Å². The minimum Gasteiger partial charge on any atom is -0.502 e. The van der Waals surface area contributed by atoms with E-state index < -0.39 is 0 Å². The van der Waals surface area contributed by atoms with Crippen molar-refractivity contribution < 1.29 is 4.74 Å². The molecule has 0 spiro atoms. The summed E-state index contributed by atoms with van der Waals surface area (Å²) in [5.41, 5.74) is 0. The Morgan fingerprint density at radius 2 is 2.00 bits per heavy atom. The standard InChI is InChI=1S/C10H18O/c1-2-11-9-8-10-6-4-3-5-7-10/h8-10H,2-7H2,1H3. The first-order chi connectivity index (χ1) is 5.43. The third-order valence-electron chi connectivity index (χ3n) is 2.26. The molecule has 1 heteroatoms. The van der Waals surface area contributed by atoms with Crippen LogP contribution in [0.25, 0.3) is 0 Å². The Balaban J connectivity index is 2.13. The van der Waals surface area contributed by atoms with Crippen LogP contribution in [0.5, 0.6) is 0 Å². The van der Waals surface area contributed by atoms with Crippen LogP contribution in [0.1, 0.15) is 39.0 Å². The van der Waals surface area contributed by atoms with Crippen LogP contribution in [-0.2, 0) is 4.74 Å². The van der Waals surface area contributed by atoms with E-state index in [-0.39, 0.29) is 0 Å². The molecule has 1 rings (SSSR count). The van der Waals surface area contributed by atoms with E-state index in [4.69, 9.17) is 4.74 Å². The minimum atomic E-state index is 0.795. The molecule has 0 N–H and O–H groups in total. The summed E-state index contributed by atoms with van der Waals surface area (Å²) in [7, 11) is 0. The van der Waals surface area contributed by atoms with Crippen LogP contribution in [0.15, 0.2) is 12.3 Å². The van der Waals surface area contributed by atoms with Crippen LogP contribution >= 0.6 is 0 Å². The third-order valence-corrected chi connectivity index (χ3v) is 2.26. The monoisotopic (exact) mass is 154 g/mol. The molecule has 0 unspecified atom stereocenters. The molecule has 0 aromatic heterocycles. The zero-order chi connectivity index (χ0) is 7.94. The smallest absolute Gasteiger partial charge is 0.0845 e. The summed E-state index contributed by atoms with van der Waals surface area (Å²) in [4.78, 5) is 0. The molecule has 0 aromatic carbocycles. The van der Waals surface area contributed by atoms with E-state index in [9.17, 15) is 0 Å². The van der Waals surface area contributed by atoms with Gasteiger partial charge in [0, 0.05) is 0 Å². The second-order valence-corrected chi connectivity index (χ2v) is 3.18. The first-order valence-corrected chi connectivity index (χ1v) is 4.71. The molecule has 0 heterocycles. The Morgan fingerprint density at radius 3 is 2.64 bits per heavy atom. The van der Waals surface area contributed by atoms with Gasteiger partial charge in [-0.3, -0.25) is 0 Å². The number of allylic oxidation sites excluding steroid dienone is 1. The molecule has 0 atom stereocenters. The molecule has 0 radical (unpaired) electrons. The summed E-state index contributed by atoms with van der Waals surface area (Å²) in [5, 5.41) is 0. The van der Waals surface area contributed by atoms with Gasteiger partial charge in [-0.15, -0.1) is 0 Å². The van der Waals surface area contributed by atoms with Crippen molar-refractivity contribution in [3.63, 3.8) is 0 Å². The predicted molar refractivity (Wildman–Crippen MR) is 47.3 cm³/mol. The van der Waals surface area contributed by atoms with Gasteiger partial charge in [0.1, 0.15) is 0 Å². The van der Waals surface area contributed by atoms with E-state index in [1.807, 2.05) is 13.2 Å². The van der Waals surface area contributed by atoms with Gasteiger partial charge in [-0.25, -0.2) is 0 Å². The van der Waals surface area contributed by atoms with Crippen molar-refractivity contribution in [3.05, 3.63) is 12.3 Å². The highest BCUT2D eigenvalue weighted by molar-refractivity contribution is 4.84. The van der Waals surface area contributed by atoms with Crippen LogP contribution in [0.2, 0.25) is 0 Å². The average molecular weight is 154 g/mol. The summed E-state index contributed by atoms with van der Waals surface area (Å²) >= 11 is 0. The summed E-state index contributed by atoms with van der Waals surface area (Å²) < 4.78 is 5.16. The van der Waals surface area contributed by atoms with E-state index in [2.05, 4.69) is 6.08 Å². The van der Waals surface area contributed by atoms with Gasteiger partial charge in [0.05, 0.1) is 12.9 Å². The highest BCUT2D eigenvalue weighted by atomic mass is 16.5. The fourth-order valence-electron chi connectivity index (χ4n) is 1.59. The number of ether oxygens (including phenoxy) is 1. The Morgan fingerprint density at radius 1 is 1.27 bits per heavy atom. The molecule has 1 aliphatic rings. The van der Waals surface area contributed by atoms with E-state index in [0.717, 1.165) is 12.5 Å². The molecule has 1 fully saturated rings.